The molecule has 6 heteroatoms. The van der Waals surface area contributed by atoms with Gasteiger partial charge in [-0.15, -0.1) is 0 Å². The van der Waals surface area contributed by atoms with E-state index < -0.39 is 0 Å². The zero-order chi connectivity index (χ0) is 16.0. The van der Waals surface area contributed by atoms with Crippen molar-refractivity contribution in [3.63, 3.8) is 0 Å². The van der Waals surface area contributed by atoms with Crippen LogP contribution in [-0.4, -0.2) is 60.9 Å². The molecule has 124 valence electrons. The molecule has 1 aromatic heterocycles. The molecule has 3 aliphatic rings. The summed E-state index contributed by atoms with van der Waals surface area (Å²) in [5.74, 6) is 0.582. The summed E-state index contributed by atoms with van der Waals surface area (Å²) in [5, 5.41) is 9.77. The molecular weight excluding hydrogens is 296 g/mol. The highest BCUT2D eigenvalue weighted by molar-refractivity contribution is 5.97. The summed E-state index contributed by atoms with van der Waals surface area (Å²) < 4.78 is 10.9. The van der Waals surface area contributed by atoms with Gasteiger partial charge in [-0.25, -0.2) is 4.98 Å². The third-order valence-electron chi connectivity index (χ3n) is 5.56. The van der Waals surface area contributed by atoms with Gasteiger partial charge >= 0.3 is 0 Å². The molecule has 1 aromatic rings. The standard InChI is InChI=1S/C17H22N2O4/c1-22-15-13(5-11-3-2-4-14(11)18-15)16(21)19-6-12-7-23-10-17(12,8-19)9-20/h5,12,20H,2-4,6-10H2,1H3/t12-,17-/m0/s1. The van der Waals surface area contributed by atoms with Crippen LogP contribution in [-0.2, 0) is 17.6 Å². The summed E-state index contributed by atoms with van der Waals surface area (Å²) >= 11 is 0. The SMILES string of the molecule is COc1nc2c(cc1C(=O)N1C[C@H]3COC[C@@]3(CO)C1)CCC2. The zero-order valence-electron chi connectivity index (χ0n) is 13.4. The number of fused-ring (bicyclic) bond motifs is 2. The monoisotopic (exact) mass is 318 g/mol. The van der Waals surface area contributed by atoms with Gasteiger partial charge < -0.3 is 19.5 Å². The van der Waals surface area contributed by atoms with Crippen LogP contribution in [0.5, 0.6) is 5.88 Å². The first-order valence-corrected chi connectivity index (χ1v) is 8.21. The van der Waals surface area contributed by atoms with Gasteiger partial charge in [0, 0.05) is 30.1 Å². The molecule has 0 bridgehead atoms. The van der Waals surface area contributed by atoms with Crippen molar-refractivity contribution in [2.75, 3.05) is 40.0 Å². The minimum absolute atomic E-state index is 0.0497. The molecule has 4 rings (SSSR count). The summed E-state index contributed by atoms with van der Waals surface area (Å²) in [6, 6.07) is 1.95. The Kier molecular flexibility index (Phi) is 3.54. The van der Waals surface area contributed by atoms with Gasteiger partial charge in [-0.1, -0.05) is 0 Å². The largest absolute Gasteiger partial charge is 0.480 e. The molecule has 0 saturated carbocycles. The van der Waals surface area contributed by atoms with Crippen LogP contribution < -0.4 is 4.74 Å². The van der Waals surface area contributed by atoms with Crippen molar-refractivity contribution in [1.82, 2.24) is 9.88 Å². The van der Waals surface area contributed by atoms with E-state index in [-0.39, 0.29) is 23.8 Å². The molecule has 1 N–H and O–H groups in total. The predicted molar refractivity (Wildman–Crippen MR) is 82.5 cm³/mol. The van der Waals surface area contributed by atoms with Crippen molar-refractivity contribution in [3.05, 3.63) is 22.9 Å². The minimum Gasteiger partial charge on any atom is -0.480 e. The molecule has 1 amide bonds. The van der Waals surface area contributed by atoms with Crippen molar-refractivity contribution < 1.29 is 19.4 Å². The highest BCUT2D eigenvalue weighted by Gasteiger charge is 2.51. The molecule has 0 radical (unpaired) electrons. The van der Waals surface area contributed by atoms with Crippen molar-refractivity contribution in [3.8, 4) is 5.88 Å². The normalized spacial score (nSPS) is 28.8. The number of aliphatic hydroxyl groups excluding tert-OH is 1. The smallest absolute Gasteiger partial charge is 0.259 e. The predicted octanol–water partition coefficient (Wildman–Crippen LogP) is 0.660. The molecule has 2 aliphatic heterocycles. The molecule has 2 fully saturated rings. The van der Waals surface area contributed by atoms with Crippen molar-refractivity contribution in [2.24, 2.45) is 11.3 Å². The lowest BCUT2D eigenvalue weighted by molar-refractivity contribution is 0.0628. The fourth-order valence-electron chi connectivity index (χ4n) is 4.14. The number of aliphatic hydroxyl groups is 1. The van der Waals surface area contributed by atoms with Crippen molar-refractivity contribution >= 4 is 5.91 Å². The molecule has 0 aromatic carbocycles. The topological polar surface area (TPSA) is 71.9 Å². The highest BCUT2D eigenvalue weighted by Crippen LogP contribution is 2.41. The fourth-order valence-corrected chi connectivity index (χ4v) is 4.14. The number of ether oxygens (including phenoxy) is 2. The van der Waals surface area contributed by atoms with Crippen LogP contribution in [0.1, 0.15) is 28.0 Å². The first-order valence-electron chi connectivity index (χ1n) is 8.21. The number of aromatic nitrogens is 1. The molecule has 0 spiro atoms. The number of carbonyl (C=O) groups excluding carboxylic acids is 1. The Balaban J connectivity index is 1.63. The van der Waals surface area contributed by atoms with Gasteiger partial charge in [-0.05, 0) is 30.9 Å². The van der Waals surface area contributed by atoms with E-state index in [1.165, 1.54) is 0 Å². The van der Waals surface area contributed by atoms with E-state index in [0.29, 0.717) is 37.7 Å². The van der Waals surface area contributed by atoms with Crippen LogP contribution in [0.4, 0.5) is 0 Å². The number of hydrogen-bond donors (Lipinski definition) is 1. The molecule has 3 heterocycles. The van der Waals surface area contributed by atoms with E-state index in [2.05, 4.69) is 4.98 Å². The second-order valence-electron chi connectivity index (χ2n) is 6.92. The van der Waals surface area contributed by atoms with Crippen molar-refractivity contribution in [2.45, 2.75) is 19.3 Å². The first-order chi connectivity index (χ1) is 11.2. The fraction of sp³-hybridized carbons (Fsp3) is 0.647. The van der Waals surface area contributed by atoms with Crippen LogP contribution in [0.2, 0.25) is 0 Å². The second-order valence-corrected chi connectivity index (χ2v) is 6.92. The average molecular weight is 318 g/mol. The van der Waals surface area contributed by atoms with Crippen LogP contribution in [0.15, 0.2) is 6.07 Å². The maximum atomic E-state index is 13.0. The average Bonchev–Trinajstić information content (AvgIpc) is 3.25. The zero-order valence-corrected chi connectivity index (χ0v) is 13.4. The van der Waals surface area contributed by atoms with Gasteiger partial charge in [0.25, 0.3) is 5.91 Å². The molecule has 2 atom stereocenters. The number of hydrogen-bond acceptors (Lipinski definition) is 5. The first kappa shape index (κ1) is 14.9. The van der Waals surface area contributed by atoms with Crippen LogP contribution >= 0.6 is 0 Å². The van der Waals surface area contributed by atoms with E-state index >= 15 is 0 Å². The van der Waals surface area contributed by atoms with E-state index in [0.717, 1.165) is 30.5 Å². The van der Waals surface area contributed by atoms with Crippen LogP contribution in [0, 0.1) is 11.3 Å². The number of likely N-dealkylation sites (tertiary alicyclic amines) is 1. The molecule has 6 nitrogen and oxygen atoms in total. The van der Waals surface area contributed by atoms with Crippen LogP contribution in [0.3, 0.4) is 0 Å². The summed E-state index contributed by atoms with van der Waals surface area (Å²) in [7, 11) is 1.56. The maximum Gasteiger partial charge on any atom is 0.259 e. The molecular formula is C17H22N2O4. The summed E-state index contributed by atoms with van der Waals surface area (Å²) in [4.78, 5) is 19.4. The number of rotatable bonds is 3. The van der Waals surface area contributed by atoms with Gasteiger partial charge in [0.15, 0.2) is 0 Å². The Morgan fingerprint density at radius 1 is 1.57 bits per heavy atom. The van der Waals surface area contributed by atoms with Gasteiger partial charge in [0.05, 0.1) is 26.9 Å². The Morgan fingerprint density at radius 3 is 3.17 bits per heavy atom. The van der Waals surface area contributed by atoms with Crippen LogP contribution in [0.25, 0.3) is 0 Å². The number of pyridine rings is 1. The van der Waals surface area contributed by atoms with Gasteiger partial charge in [0.2, 0.25) is 5.88 Å². The molecule has 23 heavy (non-hydrogen) atoms. The quantitative estimate of drug-likeness (QED) is 0.886. The Bertz CT molecular complexity index is 648. The number of aryl methyl sites for hydroxylation is 2. The van der Waals surface area contributed by atoms with Gasteiger partial charge in [-0.2, -0.15) is 0 Å². The van der Waals surface area contributed by atoms with E-state index in [4.69, 9.17) is 9.47 Å². The lowest BCUT2D eigenvalue weighted by atomic mass is 9.82. The molecule has 2 saturated heterocycles. The summed E-state index contributed by atoms with van der Waals surface area (Å²) in [6.45, 7) is 2.36. The van der Waals surface area contributed by atoms with Crippen molar-refractivity contribution in [1.29, 1.82) is 0 Å². The van der Waals surface area contributed by atoms with Gasteiger partial charge in [0.1, 0.15) is 5.56 Å². The summed E-state index contributed by atoms with van der Waals surface area (Å²) in [6.07, 6.45) is 3.01. The third-order valence-corrected chi connectivity index (χ3v) is 5.56. The van der Waals surface area contributed by atoms with E-state index in [1.807, 2.05) is 11.0 Å². The van der Waals surface area contributed by atoms with Gasteiger partial charge in [-0.3, -0.25) is 4.79 Å². The molecule has 1 aliphatic carbocycles. The Morgan fingerprint density at radius 2 is 2.43 bits per heavy atom. The second kappa shape index (κ2) is 5.46. The maximum absolute atomic E-state index is 13.0. The lowest BCUT2D eigenvalue weighted by Crippen LogP contribution is -2.36. The minimum atomic E-state index is -0.299. The third kappa shape index (κ3) is 2.23. The number of amides is 1. The number of carbonyl (C=O) groups is 1. The number of methoxy groups -OCH3 is 1. The molecule has 0 unspecified atom stereocenters. The van der Waals surface area contributed by atoms with E-state index in [1.54, 1.807) is 7.11 Å². The Labute approximate surface area is 135 Å². The van der Waals surface area contributed by atoms with E-state index in [9.17, 15) is 9.90 Å². The number of nitrogens with zero attached hydrogens (tertiary/aromatic N) is 2. The lowest BCUT2D eigenvalue weighted by Gasteiger charge is -2.24. The summed E-state index contributed by atoms with van der Waals surface area (Å²) in [5.41, 5.74) is 2.46. The Hall–Kier alpha value is -1.66. The highest BCUT2D eigenvalue weighted by atomic mass is 16.5.